The van der Waals surface area contributed by atoms with E-state index in [1.807, 2.05) is 6.07 Å². The highest BCUT2D eigenvalue weighted by atomic mass is 16.7. The van der Waals surface area contributed by atoms with Gasteiger partial charge in [0.05, 0.1) is 25.9 Å². The van der Waals surface area contributed by atoms with Gasteiger partial charge in [0.2, 0.25) is 0 Å². The maximum atomic E-state index is 11.5. The summed E-state index contributed by atoms with van der Waals surface area (Å²) in [6.45, 7) is 2.60. The van der Waals surface area contributed by atoms with Gasteiger partial charge in [0, 0.05) is 31.6 Å². The number of pyridine rings is 1. The zero-order valence-corrected chi connectivity index (χ0v) is 11.6. The second kappa shape index (κ2) is 6.08. The molecule has 0 amide bonds. The van der Waals surface area contributed by atoms with Crippen molar-refractivity contribution in [3.8, 4) is 0 Å². The zero-order valence-electron chi connectivity index (χ0n) is 11.6. The standard InChI is InChI=1S/C15H21NO4/c17-14-3-1-2-8-16(14)9-10-18-13-4-6-15(7-5-13)19-11-12-20-15/h1-3,8,13H,4-7,9-12H2. The van der Waals surface area contributed by atoms with Gasteiger partial charge in [0.1, 0.15) is 0 Å². The average Bonchev–Trinajstić information content (AvgIpc) is 2.92. The Morgan fingerprint density at radius 2 is 2.00 bits per heavy atom. The van der Waals surface area contributed by atoms with Gasteiger partial charge < -0.3 is 18.8 Å². The van der Waals surface area contributed by atoms with E-state index in [-0.39, 0.29) is 17.5 Å². The molecule has 1 saturated carbocycles. The van der Waals surface area contributed by atoms with E-state index in [1.165, 1.54) is 0 Å². The van der Waals surface area contributed by atoms with E-state index in [2.05, 4.69) is 0 Å². The normalized spacial score (nSPS) is 22.4. The lowest BCUT2D eigenvalue weighted by atomic mass is 9.92. The minimum atomic E-state index is -0.323. The van der Waals surface area contributed by atoms with Gasteiger partial charge in [-0.25, -0.2) is 0 Å². The fourth-order valence-corrected chi connectivity index (χ4v) is 2.95. The van der Waals surface area contributed by atoms with Gasteiger partial charge in [-0.15, -0.1) is 0 Å². The van der Waals surface area contributed by atoms with Crippen molar-refractivity contribution in [1.29, 1.82) is 0 Å². The molecule has 5 heteroatoms. The van der Waals surface area contributed by atoms with E-state index in [0.717, 1.165) is 25.7 Å². The van der Waals surface area contributed by atoms with Crippen molar-refractivity contribution in [3.63, 3.8) is 0 Å². The maximum Gasteiger partial charge on any atom is 0.250 e. The zero-order chi connectivity index (χ0) is 13.8. The van der Waals surface area contributed by atoms with Crippen molar-refractivity contribution in [2.24, 2.45) is 0 Å². The van der Waals surface area contributed by atoms with Crippen molar-refractivity contribution in [1.82, 2.24) is 4.57 Å². The second-order valence-electron chi connectivity index (χ2n) is 5.41. The van der Waals surface area contributed by atoms with Crippen LogP contribution in [-0.4, -0.2) is 36.3 Å². The van der Waals surface area contributed by atoms with Crippen LogP contribution in [0.2, 0.25) is 0 Å². The van der Waals surface area contributed by atoms with Crippen LogP contribution >= 0.6 is 0 Å². The summed E-state index contributed by atoms with van der Waals surface area (Å²) in [5.74, 6) is -0.323. The smallest absolute Gasteiger partial charge is 0.250 e. The first-order valence-electron chi connectivity index (χ1n) is 7.32. The van der Waals surface area contributed by atoms with Crippen LogP contribution in [0.5, 0.6) is 0 Å². The molecule has 20 heavy (non-hydrogen) atoms. The quantitative estimate of drug-likeness (QED) is 0.839. The molecule has 0 radical (unpaired) electrons. The topological polar surface area (TPSA) is 49.7 Å². The first-order valence-corrected chi connectivity index (χ1v) is 7.32. The molecule has 1 aromatic rings. The van der Waals surface area contributed by atoms with Gasteiger partial charge in [-0.1, -0.05) is 6.07 Å². The third kappa shape index (κ3) is 3.11. The predicted molar refractivity (Wildman–Crippen MR) is 73.5 cm³/mol. The van der Waals surface area contributed by atoms with Gasteiger partial charge in [-0.05, 0) is 18.9 Å². The summed E-state index contributed by atoms with van der Waals surface area (Å²) in [4.78, 5) is 11.5. The number of hydrogen-bond donors (Lipinski definition) is 0. The van der Waals surface area contributed by atoms with Gasteiger partial charge in [-0.3, -0.25) is 4.79 Å². The minimum Gasteiger partial charge on any atom is -0.376 e. The van der Waals surface area contributed by atoms with Crippen LogP contribution in [0.4, 0.5) is 0 Å². The Hall–Kier alpha value is -1.17. The van der Waals surface area contributed by atoms with Crippen molar-refractivity contribution < 1.29 is 14.2 Å². The van der Waals surface area contributed by atoms with E-state index in [9.17, 15) is 4.79 Å². The van der Waals surface area contributed by atoms with E-state index in [1.54, 1.807) is 22.9 Å². The molecule has 3 rings (SSSR count). The molecule has 1 spiro atoms. The molecule has 2 fully saturated rings. The molecule has 1 aliphatic heterocycles. The minimum absolute atomic E-state index is 0.0199. The predicted octanol–water partition coefficient (Wildman–Crippen LogP) is 1.55. The summed E-state index contributed by atoms with van der Waals surface area (Å²) < 4.78 is 18.9. The van der Waals surface area contributed by atoms with Crippen LogP contribution in [0.3, 0.4) is 0 Å². The fourth-order valence-electron chi connectivity index (χ4n) is 2.95. The third-order valence-electron chi connectivity index (χ3n) is 4.09. The third-order valence-corrected chi connectivity index (χ3v) is 4.09. The molecule has 0 bridgehead atoms. The average molecular weight is 279 g/mol. The SMILES string of the molecule is O=c1ccccn1CCOC1CCC2(CC1)OCCO2. The molecule has 0 atom stereocenters. The lowest BCUT2D eigenvalue weighted by Crippen LogP contribution is -2.38. The number of rotatable bonds is 4. The highest BCUT2D eigenvalue weighted by molar-refractivity contribution is 4.93. The Bertz CT molecular complexity index is 483. The molecule has 0 unspecified atom stereocenters. The summed E-state index contributed by atoms with van der Waals surface area (Å²) in [6, 6.07) is 5.18. The molecule has 1 aliphatic carbocycles. The van der Waals surface area contributed by atoms with Crippen LogP contribution in [0, 0.1) is 0 Å². The molecule has 0 aromatic carbocycles. The monoisotopic (exact) mass is 279 g/mol. The molecule has 2 aliphatic rings. The van der Waals surface area contributed by atoms with Crippen LogP contribution in [-0.2, 0) is 20.8 Å². The van der Waals surface area contributed by atoms with Crippen molar-refractivity contribution in [2.75, 3.05) is 19.8 Å². The number of ether oxygens (including phenoxy) is 3. The molecule has 110 valence electrons. The van der Waals surface area contributed by atoms with Gasteiger partial charge in [-0.2, -0.15) is 0 Å². The van der Waals surface area contributed by atoms with Gasteiger partial charge in [0.15, 0.2) is 5.79 Å². The highest BCUT2D eigenvalue weighted by Gasteiger charge is 2.40. The first kappa shape index (κ1) is 13.8. The molecule has 1 saturated heterocycles. The lowest BCUT2D eigenvalue weighted by molar-refractivity contribution is -0.191. The second-order valence-corrected chi connectivity index (χ2v) is 5.41. The van der Waals surface area contributed by atoms with E-state index in [0.29, 0.717) is 26.4 Å². The summed E-state index contributed by atoms with van der Waals surface area (Å²) in [5.41, 5.74) is 0.0199. The van der Waals surface area contributed by atoms with Crippen LogP contribution < -0.4 is 5.56 Å². The molecule has 5 nitrogen and oxygen atoms in total. The van der Waals surface area contributed by atoms with Gasteiger partial charge in [0.25, 0.3) is 5.56 Å². The molecule has 0 N–H and O–H groups in total. The lowest BCUT2D eigenvalue weighted by Gasteiger charge is -2.35. The summed E-state index contributed by atoms with van der Waals surface area (Å²) in [7, 11) is 0. The number of aromatic nitrogens is 1. The summed E-state index contributed by atoms with van der Waals surface area (Å²) in [5, 5.41) is 0. The van der Waals surface area contributed by atoms with E-state index >= 15 is 0 Å². The van der Waals surface area contributed by atoms with Crippen LogP contribution in [0.15, 0.2) is 29.2 Å². The highest BCUT2D eigenvalue weighted by Crippen LogP contribution is 2.36. The van der Waals surface area contributed by atoms with Crippen LogP contribution in [0.25, 0.3) is 0 Å². The van der Waals surface area contributed by atoms with Crippen molar-refractivity contribution >= 4 is 0 Å². The van der Waals surface area contributed by atoms with Crippen molar-refractivity contribution in [2.45, 2.75) is 44.1 Å². The summed E-state index contributed by atoms with van der Waals surface area (Å²) in [6.07, 6.45) is 5.79. The summed E-state index contributed by atoms with van der Waals surface area (Å²) >= 11 is 0. The van der Waals surface area contributed by atoms with Gasteiger partial charge >= 0.3 is 0 Å². The Balaban J connectivity index is 1.42. The molecular weight excluding hydrogens is 258 g/mol. The van der Waals surface area contributed by atoms with E-state index in [4.69, 9.17) is 14.2 Å². The number of hydrogen-bond acceptors (Lipinski definition) is 4. The van der Waals surface area contributed by atoms with Crippen molar-refractivity contribution in [3.05, 3.63) is 34.7 Å². The first-order chi connectivity index (χ1) is 9.77. The Morgan fingerprint density at radius 1 is 1.25 bits per heavy atom. The number of nitrogens with zero attached hydrogens (tertiary/aromatic N) is 1. The molecule has 2 heterocycles. The maximum absolute atomic E-state index is 11.5. The Kier molecular flexibility index (Phi) is 4.19. The largest absolute Gasteiger partial charge is 0.376 e. The van der Waals surface area contributed by atoms with Crippen LogP contribution in [0.1, 0.15) is 25.7 Å². The fraction of sp³-hybridized carbons (Fsp3) is 0.667. The van der Waals surface area contributed by atoms with E-state index < -0.39 is 0 Å². The molecular formula is C15H21NO4. The Labute approximate surface area is 118 Å². The molecule has 1 aromatic heterocycles. The Morgan fingerprint density at radius 3 is 2.70 bits per heavy atom.